The van der Waals surface area contributed by atoms with Gasteiger partial charge in [0.15, 0.2) is 5.75 Å². The molecule has 1 N–H and O–H groups in total. The third-order valence-electron chi connectivity index (χ3n) is 3.19. The normalized spacial score (nSPS) is 11.7. The van der Waals surface area contributed by atoms with Crippen molar-refractivity contribution in [2.24, 2.45) is 0 Å². The van der Waals surface area contributed by atoms with E-state index in [4.69, 9.17) is 39.5 Å². The van der Waals surface area contributed by atoms with Crippen LogP contribution in [0, 0.1) is 0 Å². The van der Waals surface area contributed by atoms with Crippen LogP contribution in [0.4, 0.5) is 0 Å². The molecule has 1 aromatic heterocycles. The Kier molecular flexibility index (Phi) is 6.49. The minimum Gasteiger partial charge on any atom is -0.485 e. The van der Waals surface area contributed by atoms with E-state index in [1.54, 1.807) is 12.1 Å². The monoisotopic (exact) mass is 384 g/mol. The van der Waals surface area contributed by atoms with E-state index < -0.39 is 0 Å². The van der Waals surface area contributed by atoms with Crippen LogP contribution >= 0.6 is 34.8 Å². The smallest absolute Gasteiger partial charge is 0.257 e. The average molecular weight is 386 g/mol. The maximum absolute atomic E-state index is 12.6. The lowest BCUT2D eigenvalue weighted by atomic mass is 10.1. The van der Waals surface area contributed by atoms with Gasteiger partial charge in [-0.2, -0.15) is 0 Å². The molecule has 0 saturated heterocycles. The second-order valence-corrected chi connectivity index (χ2v) is 6.43. The number of carbonyl (C=O) groups excluding carboxylic acids is 1. The minimum absolute atomic E-state index is 0.0522. The van der Waals surface area contributed by atoms with Crippen LogP contribution in [0.1, 0.15) is 28.9 Å². The molecular formula is C17H15Cl3N2O2. The summed E-state index contributed by atoms with van der Waals surface area (Å²) in [6.07, 6.45) is 2.79. The highest BCUT2D eigenvalue weighted by molar-refractivity contribution is 6.34. The average Bonchev–Trinajstić information content (AvgIpc) is 2.53. The molecule has 126 valence electrons. The summed E-state index contributed by atoms with van der Waals surface area (Å²) in [7, 11) is 0. The predicted octanol–water partition coefficient (Wildman–Crippen LogP) is 5.01. The maximum atomic E-state index is 12.6. The molecule has 4 nitrogen and oxygen atoms in total. The lowest BCUT2D eigenvalue weighted by molar-refractivity contribution is 0.0936. The van der Waals surface area contributed by atoms with E-state index >= 15 is 0 Å². The molecule has 0 bridgehead atoms. The van der Waals surface area contributed by atoms with Gasteiger partial charge in [-0.3, -0.25) is 9.78 Å². The molecule has 2 aromatic rings. The van der Waals surface area contributed by atoms with Gasteiger partial charge in [0.2, 0.25) is 0 Å². The molecule has 0 fully saturated rings. The second kappa shape index (κ2) is 8.38. The molecule has 0 unspecified atom stereocenters. The van der Waals surface area contributed by atoms with Gasteiger partial charge in [-0.15, -0.1) is 0 Å². The van der Waals surface area contributed by atoms with E-state index in [1.165, 1.54) is 12.4 Å². The van der Waals surface area contributed by atoms with E-state index in [-0.39, 0.29) is 34.9 Å². The SMILES string of the molecule is C=C(Cl)COc1cncc(Cl)c1C(=O)N[C@@H](C)c1ccc(Cl)cc1. The first-order valence-corrected chi connectivity index (χ1v) is 8.17. The van der Waals surface area contributed by atoms with Gasteiger partial charge in [0.1, 0.15) is 12.2 Å². The van der Waals surface area contributed by atoms with Crippen LogP contribution in [0.2, 0.25) is 10.0 Å². The summed E-state index contributed by atoms with van der Waals surface area (Å²) in [5.41, 5.74) is 1.11. The molecule has 24 heavy (non-hydrogen) atoms. The summed E-state index contributed by atoms with van der Waals surface area (Å²) in [6.45, 7) is 5.45. The first-order valence-electron chi connectivity index (χ1n) is 7.04. The van der Waals surface area contributed by atoms with Crippen molar-refractivity contribution in [2.75, 3.05) is 6.61 Å². The zero-order valence-corrected chi connectivity index (χ0v) is 15.1. The molecule has 0 aliphatic rings. The van der Waals surface area contributed by atoms with Crippen LogP contribution in [0.25, 0.3) is 0 Å². The van der Waals surface area contributed by atoms with Gasteiger partial charge >= 0.3 is 0 Å². The molecule has 7 heteroatoms. The number of benzene rings is 1. The Morgan fingerprint density at radius 2 is 1.96 bits per heavy atom. The first-order chi connectivity index (χ1) is 11.4. The van der Waals surface area contributed by atoms with Crippen molar-refractivity contribution < 1.29 is 9.53 Å². The van der Waals surface area contributed by atoms with Crippen LogP contribution in [-0.2, 0) is 0 Å². The molecule has 1 atom stereocenters. The standard InChI is InChI=1S/C17H15Cl3N2O2/c1-10(18)9-24-15-8-21-7-14(20)16(15)17(23)22-11(2)12-3-5-13(19)6-4-12/h3-8,11H,1,9H2,2H3,(H,22,23)/t11-/m0/s1. The van der Waals surface area contributed by atoms with E-state index in [1.807, 2.05) is 19.1 Å². The van der Waals surface area contributed by atoms with Gasteiger partial charge in [-0.05, 0) is 24.6 Å². The van der Waals surface area contributed by atoms with E-state index in [0.717, 1.165) is 5.56 Å². The fraction of sp³-hybridized carbons (Fsp3) is 0.176. The number of hydrogen-bond donors (Lipinski definition) is 1. The Labute approximate surface area is 155 Å². The number of rotatable bonds is 6. The van der Waals surface area contributed by atoms with Crippen molar-refractivity contribution in [2.45, 2.75) is 13.0 Å². The van der Waals surface area contributed by atoms with E-state index in [2.05, 4.69) is 16.9 Å². The molecule has 0 aliphatic heterocycles. The molecule has 1 heterocycles. The molecule has 1 aromatic carbocycles. The van der Waals surface area contributed by atoms with E-state index in [0.29, 0.717) is 10.1 Å². The van der Waals surface area contributed by atoms with Crippen LogP contribution < -0.4 is 10.1 Å². The third kappa shape index (κ3) is 4.87. The summed E-state index contributed by atoms with van der Waals surface area (Å²) >= 11 is 17.7. The van der Waals surface area contributed by atoms with Gasteiger partial charge in [0, 0.05) is 16.3 Å². The highest BCUT2D eigenvalue weighted by atomic mass is 35.5. The van der Waals surface area contributed by atoms with Crippen LogP contribution in [0.3, 0.4) is 0 Å². The number of pyridine rings is 1. The third-order valence-corrected chi connectivity index (χ3v) is 3.84. The number of nitrogens with zero attached hydrogens (tertiary/aromatic N) is 1. The predicted molar refractivity (Wildman–Crippen MR) is 97.1 cm³/mol. The molecule has 0 aliphatic carbocycles. The number of aromatic nitrogens is 1. The van der Waals surface area contributed by atoms with Crippen LogP contribution in [0.5, 0.6) is 5.75 Å². The number of carbonyl (C=O) groups is 1. The highest BCUT2D eigenvalue weighted by Crippen LogP contribution is 2.26. The van der Waals surface area contributed by atoms with Crippen LogP contribution in [-0.4, -0.2) is 17.5 Å². The summed E-state index contributed by atoms with van der Waals surface area (Å²) in [6, 6.07) is 6.97. The molecule has 0 radical (unpaired) electrons. The zero-order chi connectivity index (χ0) is 17.7. The molecular weight excluding hydrogens is 371 g/mol. The molecule has 2 rings (SSSR count). The van der Waals surface area contributed by atoms with Crippen molar-refractivity contribution in [1.29, 1.82) is 0 Å². The van der Waals surface area contributed by atoms with Gasteiger partial charge in [-0.1, -0.05) is 53.5 Å². The van der Waals surface area contributed by atoms with Crippen molar-refractivity contribution in [1.82, 2.24) is 10.3 Å². The zero-order valence-electron chi connectivity index (χ0n) is 12.9. The number of halogens is 3. The quantitative estimate of drug-likeness (QED) is 0.760. The Bertz CT molecular complexity index is 748. The lowest BCUT2D eigenvalue weighted by Gasteiger charge is -2.17. The van der Waals surface area contributed by atoms with Gasteiger partial charge in [0.05, 0.1) is 17.3 Å². The summed E-state index contributed by atoms with van der Waals surface area (Å²) in [5.74, 6) is -0.134. The molecule has 1 amide bonds. The van der Waals surface area contributed by atoms with Gasteiger partial charge < -0.3 is 10.1 Å². The topological polar surface area (TPSA) is 51.2 Å². The fourth-order valence-electron chi connectivity index (χ4n) is 2.01. The number of amides is 1. The number of nitrogens with one attached hydrogen (secondary N) is 1. The Balaban J connectivity index is 2.19. The summed E-state index contributed by atoms with van der Waals surface area (Å²) in [4.78, 5) is 16.5. The van der Waals surface area contributed by atoms with Crippen molar-refractivity contribution in [3.63, 3.8) is 0 Å². The first kappa shape index (κ1) is 18.6. The molecule has 0 spiro atoms. The summed E-state index contributed by atoms with van der Waals surface area (Å²) < 4.78 is 5.45. The minimum atomic E-state index is -0.375. The van der Waals surface area contributed by atoms with E-state index in [9.17, 15) is 4.79 Å². The highest BCUT2D eigenvalue weighted by Gasteiger charge is 2.20. The Morgan fingerprint density at radius 1 is 1.29 bits per heavy atom. The van der Waals surface area contributed by atoms with Crippen LogP contribution in [0.15, 0.2) is 48.3 Å². The number of ether oxygens (including phenoxy) is 1. The number of hydrogen-bond acceptors (Lipinski definition) is 3. The molecule has 0 saturated carbocycles. The van der Waals surface area contributed by atoms with Crippen molar-refractivity contribution in [3.05, 3.63) is 69.4 Å². The van der Waals surface area contributed by atoms with Crippen molar-refractivity contribution >= 4 is 40.7 Å². The van der Waals surface area contributed by atoms with Gasteiger partial charge in [0.25, 0.3) is 5.91 Å². The maximum Gasteiger partial charge on any atom is 0.257 e. The Morgan fingerprint density at radius 3 is 2.58 bits per heavy atom. The lowest BCUT2D eigenvalue weighted by Crippen LogP contribution is -2.27. The second-order valence-electron chi connectivity index (χ2n) is 5.05. The van der Waals surface area contributed by atoms with Gasteiger partial charge in [-0.25, -0.2) is 0 Å². The fourth-order valence-corrected chi connectivity index (χ4v) is 2.42. The Hall–Kier alpha value is -1.75. The van der Waals surface area contributed by atoms with Crippen molar-refractivity contribution in [3.8, 4) is 5.75 Å². The largest absolute Gasteiger partial charge is 0.485 e. The summed E-state index contributed by atoms with van der Waals surface area (Å²) in [5, 5.41) is 3.99.